The Morgan fingerprint density at radius 1 is 1.47 bits per heavy atom. The Hall–Kier alpha value is -1.33. The van der Waals surface area contributed by atoms with E-state index < -0.39 is 0 Å². The molecule has 1 aromatic carbocycles. The molecule has 0 radical (unpaired) electrons. The van der Waals surface area contributed by atoms with Gasteiger partial charge >= 0.3 is 0 Å². The molecule has 0 bridgehead atoms. The summed E-state index contributed by atoms with van der Waals surface area (Å²) in [5, 5.41) is 13.2. The second-order valence-corrected chi connectivity index (χ2v) is 5.67. The first-order chi connectivity index (χ1) is 9.11. The zero-order valence-corrected chi connectivity index (χ0v) is 12.4. The third-order valence-corrected chi connectivity index (χ3v) is 3.55. The molecule has 0 spiro atoms. The van der Waals surface area contributed by atoms with Crippen LogP contribution in [0.25, 0.3) is 10.9 Å². The van der Waals surface area contributed by atoms with Crippen molar-refractivity contribution in [3.05, 3.63) is 28.9 Å². The minimum atomic E-state index is 0.219. The van der Waals surface area contributed by atoms with Gasteiger partial charge in [-0.1, -0.05) is 6.92 Å². The summed E-state index contributed by atoms with van der Waals surface area (Å²) in [4.78, 5) is 4.43. The first-order valence-electron chi connectivity index (χ1n) is 6.30. The molecule has 1 atom stereocenters. The summed E-state index contributed by atoms with van der Waals surface area (Å²) in [6.45, 7) is 3.13. The lowest BCUT2D eigenvalue weighted by molar-refractivity contribution is 0.266. The Balaban J connectivity index is 2.26. The van der Waals surface area contributed by atoms with Gasteiger partial charge in [-0.05, 0) is 46.5 Å². The molecule has 0 saturated carbocycles. The van der Waals surface area contributed by atoms with E-state index in [9.17, 15) is 0 Å². The van der Waals surface area contributed by atoms with Crippen LogP contribution in [0.2, 0.25) is 0 Å². The van der Waals surface area contributed by atoms with Crippen LogP contribution in [0.4, 0.5) is 11.4 Å². The first-order valence-corrected chi connectivity index (χ1v) is 7.09. The van der Waals surface area contributed by atoms with Crippen molar-refractivity contribution in [3.8, 4) is 0 Å². The molecule has 0 fully saturated rings. The van der Waals surface area contributed by atoms with E-state index in [0.717, 1.165) is 39.7 Å². The summed E-state index contributed by atoms with van der Waals surface area (Å²) in [7, 11) is 0. The minimum Gasteiger partial charge on any atom is -0.398 e. The fourth-order valence-electron chi connectivity index (χ4n) is 1.97. The number of halogens is 1. The fraction of sp³-hybridized carbons (Fsp3) is 0.357. The van der Waals surface area contributed by atoms with Crippen LogP contribution in [0.5, 0.6) is 0 Å². The van der Waals surface area contributed by atoms with E-state index in [1.165, 1.54) is 0 Å². The number of anilines is 2. The van der Waals surface area contributed by atoms with Crippen LogP contribution in [0.3, 0.4) is 0 Å². The second-order valence-electron chi connectivity index (χ2n) is 4.75. The summed E-state index contributed by atoms with van der Waals surface area (Å²) in [6, 6.07) is 5.81. The largest absolute Gasteiger partial charge is 0.398 e. The number of nitrogen functional groups attached to an aromatic ring is 1. The number of fused-ring (bicyclic) bond motifs is 1. The summed E-state index contributed by atoms with van der Waals surface area (Å²) in [5.74, 6) is 0.410. The third kappa shape index (κ3) is 3.36. The molecule has 1 heterocycles. The average Bonchev–Trinajstić information content (AvgIpc) is 2.39. The van der Waals surface area contributed by atoms with E-state index in [2.05, 4.69) is 33.2 Å². The highest BCUT2D eigenvalue weighted by Crippen LogP contribution is 2.28. The lowest BCUT2D eigenvalue weighted by Crippen LogP contribution is -2.13. The van der Waals surface area contributed by atoms with Crippen molar-refractivity contribution in [2.75, 3.05) is 24.2 Å². The maximum absolute atomic E-state index is 8.91. The van der Waals surface area contributed by atoms with E-state index >= 15 is 0 Å². The smallest absolute Gasteiger partial charge is 0.0954 e. The monoisotopic (exact) mass is 323 g/mol. The predicted octanol–water partition coefficient (Wildman–Crippen LogP) is 3.01. The van der Waals surface area contributed by atoms with Gasteiger partial charge in [0.15, 0.2) is 0 Å². The molecule has 0 saturated heterocycles. The lowest BCUT2D eigenvalue weighted by Gasteiger charge is -2.14. The van der Waals surface area contributed by atoms with E-state index in [4.69, 9.17) is 10.8 Å². The topological polar surface area (TPSA) is 71.2 Å². The number of pyridine rings is 1. The zero-order chi connectivity index (χ0) is 13.8. The number of nitrogens with two attached hydrogens (primary N) is 1. The van der Waals surface area contributed by atoms with Gasteiger partial charge in [0.05, 0.1) is 11.2 Å². The predicted molar refractivity (Wildman–Crippen MR) is 83.2 cm³/mol. The molecule has 102 valence electrons. The molecule has 0 amide bonds. The summed E-state index contributed by atoms with van der Waals surface area (Å²) < 4.78 is 0.914. The highest BCUT2D eigenvalue weighted by molar-refractivity contribution is 9.10. The Morgan fingerprint density at radius 2 is 2.26 bits per heavy atom. The van der Waals surface area contributed by atoms with Crippen molar-refractivity contribution >= 4 is 38.2 Å². The number of hydrogen-bond acceptors (Lipinski definition) is 4. The SMILES string of the molecule is CC(CCO)CNc1ccc(N)c2cc(Br)cnc12. The van der Waals surface area contributed by atoms with Crippen molar-refractivity contribution in [2.45, 2.75) is 13.3 Å². The van der Waals surface area contributed by atoms with E-state index in [0.29, 0.717) is 5.92 Å². The van der Waals surface area contributed by atoms with Gasteiger partial charge in [-0.2, -0.15) is 0 Å². The average molecular weight is 324 g/mol. The summed E-state index contributed by atoms with van der Waals surface area (Å²) in [6.07, 6.45) is 2.56. The number of nitrogens with zero attached hydrogens (tertiary/aromatic N) is 1. The molecule has 2 rings (SSSR count). The van der Waals surface area contributed by atoms with Gasteiger partial charge in [-0.25, -0.2) is 0 Å². The van der Waals surface area contributed by atoms with Crippen LogP contribution >= 0.6 is 15.9 Å². The van der Waals surface area contributed by atoms with Gasteiger partial charge < -0.3 is 16.2 Å². The number of rotatable bonds is 5. The fourth-order valence-corrected chi connectivity index (χ4v) is 2.30. The standard InChI is InChI=1S/C14H18BrN3O/c1-9(4-5-19)7-17-13-3-2-12(16)11-6-10(15)8-18-14(11)13/h2-3,6,8-9,17,19H,4-5,7,16H2,1H3. The Labute approximate surface area is 121 Å². The van der Waals surface area contributed by atoms with Gasteiger partial charge in [0.1, 0.15) is 0 Å². The van der Waals surface area contributed by atoms with Crippen LogP contribution < -0.4 is 11.1 Å². The van der Waals surface area contributed by atoms with Crippen molar-refractivity contribution < 1.29 is 5.11 Å². The highest BCUT2D eigenvalue weighted by atomic mass is 79.9. The number of aliphatic hydroxyl groups excluding tert-OH is 1. The Morgan fingerprint density at radius 3 is 3.00 bits per heavy atom. The van der Waals surface area contributed by atoms with Gasteiger partial charge in [0, 0.05) is 34.9 Å². The van der Waals surface area contributed by atoms with E-state index in [-0.39, 0.29) is 6.61 Å². The van der Waals surface area contributed by atoms with Crippen LogP contribution in [-0.2, 0) is 0 Å². The Kier molecular flexibility index (Phi) is 4.61. The molecule has 0 aliphatic heterocycles. The molecule has 4 N–H and O–H groups in total. The maximum Gasteiger partial charge on any atom is 0.0954 e. The molecule has 4 nitrogen and oxygen atoms in total. The first kappa shape index (κ1) is 14.1. The van der Waals surface area contributed by atoms with E-state index in [1.807, 2.05) is 18.2 Å². The molecule has 1 aromatic heterocycles. The number of aliphatic hydroxyl groups is 1. The number of hydrogen-bond donors (Lipinski definition) is 3. The molecule has 0 aliphatic carbocycles. The summed E-state index contributed by atoms with van der Waals surface area (Å²) in [5.41, 5.74) is 8.54. The number of nitrogens with one attached hydrogen (secondary N) is 1. The van der Waals surface area contributed by atoms with Crippen molar-refractivity contribution in [1.29, 1.82) is 0 Å². The third-order valence-electron chi connectivity index (χ3n) is 3.11. The highest BCUT2D eigenvalue weighted by Gasteiger charge is 2.07. The van der Waals surface area contributed by atoms with Crippen molar-refractivity contribution in [2.24, 2.45) is 5.92 Å². The lowest BCUT2D eigenvalue weighted by atomic mass is 10.1. The zero-order valence-electron chi connectivity index (χ0n) is 10.9. The molecule has 2 aromatic rings. The van der Waals surface area contributed by atoms with Crippen molar-refractivity contribution in [1.82, 2.24) is 4.98 Å². The minimum absolute atomic E-state index is 0.219. The normalized spacial score (nSPS) is 12.6. The van der Waals surface area contributed by atoms with Gasteiger partial charge in [0.25, 0.3) is 0 Å². The number of aromatic nitrogens is 1. The van der Waals surface area contributed by atoms with E-state index in [1.54, 1.807) is 6.20 Å². The molecule has 5 heteroatoms. The summed E-state index contributed by atoms with van der Waals surface area (Å²) >= 11 is 3.41. The van der Waals surface area contributed by atoms with Gasteiger partial charge in [-0.3, -0.25) is 4.98 Å². The Bertz CT molecular complexity index is 574. The maximum atomic E-state index is 8.91. The van der Waals surface area contributed by atoms with Crippen LogP contribution in [0.15, 0.2) is 28.9 Å². The van der Waals surface area contributed by atoms with Crippen LogP contribution in [-0.4, -0.2) is 23.2 Å². The second kappa shape index (κ2) is 6.21. The van der Waals surface area contributed by atoms with Crippen LogP contribution in [0, 0.1) is 5.92 Å². The molecule has 19 heavy (non-hydrogen) atoms. The van der Waals surface area contributed by atoms with Gasteiger partial charge in [0.2, 0.25) is 0 Å². The molecule has 1 unspecified atom stereocenters. The molecular formula is C14H18BrN3O. The van der Waals surface area contributed by atoms with Crippen molar-refractivity contribution in [3.63, 3.8) is 0 Å². The number of benzene rings is 1. The quantitative estimate of drug-likeness (QED) is 0.740. The molecular weight excluding hydrogens is 306 g/mol. The van der Waals surface area contributed by atoms with Gasteiger partial charge in [-0.15, -0.1) is 0 Å². The molecule has 0 aliphatic rings. The van der Waals surface area contributed by atoms with Crippen LogP contribution in [0.1, 0.15) is 13.3 Å².